The molecule has 3 N–H and O–H groups in total. The van der Waals surface area contributed by atoms with Gasteiger partial charge in [0, 0.05) is 24.2 Å². The fourth-order valence-corrected chi connectivity index (χ4v) is 2.56. The Balaban J connectivity index is 1.85. The highest BCUT2D eigenvalue weighted by Gasteiger charge is 2.09. The molecule has 0 atom stereocenters. The minimum Gasteiger partial charge on any atom is -0.326 e. The number of hydrogen-bond donors (Lipinski definition) is 3. The van der Waals surface area contributed by atoms with E-state index in [9.17, 15) is 14.4 Å². The molecule has 0 saturated heterocycles. The first-order valence-electron chi connectivity index (χ1n) is 8.28. The van der Waals surface area contributed by atoms with Gasteiger partial charge in [0.1, 0.15) is 5.03 Å². The summed E-state index contributed by atoms with van der Waals surface area (Å²) in [6.45, 7) is 5.00. The quantitative estimate of drug-likeness (QED) is 0.630. The lowest BCUT2D eigenvalue weighted by atomic mass is 10.2. The second-order valence-corrected chi connectivity index (χ2v) is 7.00. The normalized spacial score (nSPS) is 10.4. The molecule has 0 aliphatic rings. The van der Waals surface area contributed by atoms with Gasteiger partial charge in [-0.1, -0.05) is 31.7 Å². The van der Waals surface area contributed by atoms with Gasteiger partial charge in [-0.2, -0.15) is 0 Å². The molecule has 0 unspecified atom stereocenters. The highest BCUT2D eigenvalue weighted by atomic mass is 32.2. The van der Waals surface area contributed by atoms with Crippen molar-refractivity contribution in [3.8, 4) is 0 Å². The van der Waals surface area contributed by atoms with Crippen LogP contribution in [0.3, 0.4) is 0 Å². The molecule has 8 nitrogen and oxygen atoms in total. The predicted octanol–water partition coefficient (Wildman–Crippen LogP) is 2.76. The summed E-state index contributed by atoms with van der Waals surface area (Å²) in [7, 11) is 0. The van der Waals surface area contributed by atoms with Crippen LogP contribution in [-0.2, 0) is 14.4 Å². The Morgan fingerprint density at radius 3 is 2.30 bits per heavy atom. The summed E-state index contributed by atoms with van der Waals surface area (Å²) in [6, 6.07) is 10.2. The highest BCUT2D eigenvalue weighted by molar-refractivity contribution is 7.99. The molecule has 9 heteroatoms. The zero-order valence-corrected chi connectivity index (χ0v) is 16.1. The van der Waals surface area contributed by atoms with Crippen LogP contribution in [0.4, 0.5) is 17.2 Å². The number of anilines is 3. The fourth-order valence-electron chi connectivity index (χ4n) is 1.95. The molecule has 0 aliphatic heterocycles. The monoisotopic (exact) mass is 387 g/mol. The van der Waals surface area contributed by atoms with Crippen molar-refractivity contribution in [2.24, 2.45) is 5.92 Å². The van der Waals surface area contributed by atoms with Gasteiger partial charge in [-0.05, 0) is 30.3 Å². The van der Waals surface area contributed by atoms with E-state index in [-0.39, 0.29) is 29.4 Å². The van der Waals surface area contributed by atoms with E-state index in [2.05, 4.69) is 26.1 Å². The van der Waals surface area contributed by atoms with Crippen LogP contribution in [0.5, 0.6) is 0 Å². The Labute approximate surface area is 161 Å². The molecule has 1 heterocycles. The van der Waals surface area contributed by atoms with Gasteiger partial charge in [-0.25, -0.2) is 0 Å². The van der Waals surface area contributed by atoms with Crippen molar-refractivity contribution in [2.75, 3.05) is 21.7 Å². The van der Waals surface area contributed by atoms with Gasteiger partial charge in [-0.15, -0.1) is 10.2 Å². The number of amides is 3. The van der Waals surface area contributed by atoms with Gasteiger partial charge in [0.25, 0.3) is 0 Å². The predicted molar refractivity (Wildman–Crippen MR) is 106 cm³/mol. The largest absolute Gasteiger partial charge is 0.326 e. The number of benzene rings is 1. The minimum absolute atomic E-state index is 0.134. The zero-order valence-electron chi connectivity index (χ0n) is 15.3. The van der Waals surface area contributed by atoms with Crippen LogP contribution in [0.2, 0.25) is 0 Å². The lowest BCUT2D eigenvalue weighted by Crippen LogP contribution is -2.18. The van der Waals surface area contributed by atoms with Crippen LogP contribution in [0.25, 0.3) is 0 Å². The van der Waals surface area contributed by atoms with E-state index in [4.69, 9.17) is 0 Å². The lowest BCUT2D eigenvalue weighted by Gasteiger charge is -2.08. The number of rotatable bonds is 7. The summed E-state index contributed by atoms with van der Waals surface area (Å²) in [6.07, 6.45) is 0. The molecule has 0 aliphatic carbocycles. The van der Waals surface area contributed by atoms with Gasteiger partial charge < -0.3 is 16.0 Å². The molecule has 0 fully saturated rings. The smallest absolute Gasteiger partial charge is 0.234 e. The first-order chi connectivity index (χ1) is 12.8. The van der Waals surface area contributed by atoms with Crippen molar-refractivity contribution in [3.05, 3.63) is 36.4 Å². The maximum absolute atomic E-state index is 12.1. The topological polar surface area (TPSA) is 113 Å². The van der Waals surface area contributed by atoms with E-state index >= 15 is 0 Å². The molecule has 3 amide bonds. The zero-order chi connectivity index (χ0) is 19.8. The first-order valence-corrected chi connectivity index (χ1v) is 9.27. The average Bonchev–Trinajstić information content (AvgIpc) is 2.60. The van der Waals surface area contributed by atoms with E-state index in [1.165, 1.54) is 18.7 Å². The Bertz CT molecular complexity index is 824. The molecular formula is C18H21N5O3S. The molecule has 0 bridgehead atoms. The average molecular weight is 387 g/mol. The second-order valence-electron chi connectivity index (χ2n) is 6.00. The fraction of sp³-hybridized carbons (Fsp3) is 0.278. The summed E-state index contributed by atoms with van der Waals surface area (Å²) in [5, 5.41) is 16.6. The molecular weight excluding hydrogens is 366 g/mol. The molecule has 142 valence electrons. The van der Waals surface area contributed by atoms with E-state index in [1.54, 1.807) is 50.2 Å². The van der Waals surface area contributed by atoms with Gasteiger partial charge in [0.2, 0.25) is 17.7 Å². The van der Waals surface area contributed by atoms with Crippen LogP contribution < -0.4 is 16.0 Å². The Morgan fingerprint density at radius 1 is 1.00 bits per heavy atom. The molecule has 0 saturated carbocycles. The van der Waals surface area contributed by atoms with E-state index < -0.39 is 0 Å². The molecule has 0 spiro atoms. The number of hydrogen-bond acceptors (Lipinski definition) is 6. The van der Waals surface area contributed by atoms with Crippen molar-refractivity contribution < 1.29 is 14.4 Å². The highest BCUT2D eigenvalue weighted by Crippen LogP contribution is 2.18. The van der Waals surface area contributed by atoms with Gasteiger partial charge in [-0.3, -0.25) is 14.4 Å². The number of carbonyl (C=O) groups excluding carboxylic acids is 3. The Kier molecular flexibility index (Phi) is 7.30. The number of nitrogens with zero attached hydrogens (tertiary/aromatic N) is 2. The summed E-state index contributed by atoms with van der Waals surface area (Å²) in [5.41, 5.74) is 1.20. The number of carbonyl (C=O) groups is 3. The van der Waals surface area contributed by atoms with E-state index in [1.807, 2.05) is 0 Å². The van der Waals surface area contributed by atoms with Crippen LogP contribution >= 0.6 is 11.8 Å². The van der Waals surface area contributed by atoms with E-state index in [0.29, 0.717) is 22.2 Å². The Hall–Kier alpha value is -2.94. The van der Waals surface area contributed by atoms with Crippen molar-refractivity contribution in [1.29, 1.82) is 0 Å². The minimum atomic E-state index is -0.209. The molecule has 2 aromatic rings. The molecule has 1 aromatic carbocycles. The van der Waals surface area contributed by atoms with Crippen molar-refractivity contribution >= 4 is 46.7 Å². The number of thioether (sulfide) groups is 1. The first kappa shape index (κ1) is 20.4. The van der Waals surface area contributed by atoms with Crippen LogP contribution in [0, 0.1) is 5.92 Å². The second kappa shape index (κ2) is 9.67. The van der Waals surface area contributed by atoms with Crippen LogP contribution in [-0.4, -0.2) is 33.7 Å². The third-order valence-corrected chi connectivity index (χ3v) is 4.15. The van der Waals surface area contributed by atoms with Gasteiger partial charge in [0.05, 0.1) is 5.75 Å². The summed E-state index contributed by atoms with van der Waals surface area (Å²) in [5.74, 6) is -0.146. The van der Waals surface area contributed by atoms with Crippen LogP contribution in [0.15, 0.2) is 41.4 Å². The number of aromatic nitrogens is 2. The SMILES string of the molecule is CC(=O)Nc1cccc(NC(=O)CSc2ccc(NC(=O)C(C)C)nn2)c1. The molecule has 1 aromatic heterocycles. The van der Waals surface area contributed by atoms with Gasteiger partial charge >= 0.3 is 0 Å². The molecule has 0 radical (unpaired) electrons. The molecule has 27 heavy (non-hydrogen) atoms. The third-order valence-electron chi connectivity index (χ3n) is 3.23. The van der Waals surface area contributed by atoms with E-state index in [0.717, 1.165) is 0 Å². The van der Waals surface area contributed by atoms with Crippen molar-refractivity contribution in [1.82, 2.24) is 10.2 Å². The Morgan fingerprint density at radius 2 is 1.70 bits per heavy atom. The van der Waals surface area contributed by atoms with Crippen molar-refractivity contribution in [2.45, 2.75) is 25.8 Å². The maximum Gasteiger partial charge on any atom is 0.234 e. The summed E-state index contributed by atoms with van der Waals surface area (Å²) in [4.78, 5) is 34.8. The third kappa shape index (κ3) is 7.06. The van der Waals surface area contributed by atoms with Gasteiger partial charge in [0.15, 0.2) is 5.82 Å². The number of nitrogens with one attached hydrogen (secondary N) is 3. The standard InChI is InChI=1S/C18H21N5O3S/c1-11(2)18(26)21-15-7-8-17(23-22-15)27-10-16(25)20-14-6-4-5-13(9-14)19-12(3)24/h4-9,11H,10H2,1-3H3,(H,19,24)(H,20,25)(H,21,22,26). The van der Waals surface area contributed by atoms with Crippen LogP contribution in [0.1, 0.15) is 20.8 Å². The summed E-state index contributed by atoms with van der Waals surface area (Å²) < 4.78 is 0. The lowest BCUT2D eigenvalue weighted by molar-refractivity contribution is -0.119. The summed E-state index contributed by atoms with van der Waals surface area (Å²) >= 11 is 1.23. The maximum atomic E-state index is 12.1. The van der Waals surface area contributed by atoms with Crippen molar-refractivity contribution in [3.63, 3.8) is 0 Å². The molecule has 2 rings (SSSR count).